The van der Waals surface area contributed by atoms with E-state index in [2.05, 4.69) is 10.3 Å². The lowest BCUT2D eigenvalue weighted by atomic mass is 9.74. The monoisotopic (exact) mass is 281 g/mol. The third kappa shape index (κ3) is 3.23. The van der Waals surface area contributed by atoms with Gasteiger partial charge in [0.2, 0.25) is 5.91 Å². The van der Waals surface area contributed by atoms with Crippen molar-refractivity contribution >= 4 is 11.9 Å². The molecule has 1 heterocycles. The van der Waals surface area contributed by atoms with E-state index in [1.165, 1.54) is 26.2 Å². The maximum atomic E-state index is 12.0. The number of aliphatic carboxylic acids is 1. The molecule has 1 amide bonds. The summed E-state index contributed by atoms with van der Waals surface area (Å²) in [6, 6.07) is 1.54. The van der Waals surface area contributed by atoms with Gasteiger partial charge in [-0.3, -0.25) is 14.2 Å². The Kier molecular flexibility index (Phi) is 4.32. The van der Waals surface area contributed by atoms with Crippen molar-refractivity contribution < 1.29 is 14.7 Å². The topological polar surface area (TPSA) is 101 Å². The molecule has 0 aliphatic carbocycles. The van der Waals surface area contributed by atoms with E-state index >= 15 is 0 Å². The number of nitrogens with one attached hydrogen (secondary N) is 1. The normalized spacial score (nSPS) is 12.0. The molecule has 110 valence electrons. The van der Waals surface area contributed by atoms with Crippen molar-refractivity contribution in [2.24, 2.45) is 5.41 Å². The highest BCUT2D eigenvalue weighted by Gasteiger charge is 2.44. The second-order valence-corrected chi connectivity index (χ2v) is 5.63. The minimum Gasteiger partial charge on any atom is -0.481 e. The van der Waals surface area contributed by atoms with Gasteiger partial charge in [-0.15, -0.1) is 0 Å². The first-order valence-corrected chi connectivity index (χ1v) is 6.14. The second-order valence-electron chi connectivity index (χ2n) is 5.63. The zero-order chi connectivity index (χ0) is 15.6. The van der Waals surface area contributed by atoms with Crippen molar-refractivity contribution in [3.05, 3.63) is 28.9 Å². The Balaban J connectivity index is 2.84. The summed E-state index contributed by atoms with van der Waals surface area (Å²) in [7, 11) is 0. The molecule has 1 aromatic heterocycles. The second kappa shape index (κ2) is 5.44. The van der Waals surface area contributed by atoms with Crippen LogP contribution in [0.25, 0.3) is 0 Å². The first-order chi connectivity index (χ1) is 9.08. The van der Waals surface area contributed by atoms with Gasteiger partial charge in [0.05, 0.1) is 11.0 Å². The molecule has 7 heteroatoms. The van der Waals surface area contributed by atoms with Crippen LogP contribution >= 0.6 is 0 Å². The molecule has 20 heavy (non-hydrogen) atoms. The fourth-order valence-electron chi connectivity index (χ4n) is 1.47. The molecule has 0 saturated carbocycles. The molecule has 0 unspecified atom stereocenters. The van der Waals surface area contributed by atoms with E-state index in [1.807, 2.05) is 0 Å². The van der Waals surface area contributed by atoms with Crippen LogP contribution in [0.3, 0.4) is 0 Å². The van der Waals surface area contributed by atoms with E-state index in [9.17, 15) is 19.5 Å². The number of carbonyl (C=O) groups excluding carboxylic acids is 1. The Labute approximate surface area is 116 Å². The number of aromatic nitrogens is 2. The average Bonchev–Trinajstić information content (AvgIpc) is 2.31. The van der Waals surface area contributed by atoms with Crippen LogP contribution in [0.5, 0.6) is 0 Å². The summed E-state index contributed by atoms with van der Waals surface area (Å²) < 4.78 is 1.15. The SMILES string of the molecule is CC(C)(NC(=O)Cn1cccnc1=O)C(C)(C)C(=O)O. The van der Waals surface area contributed by atoms with Crippen LogP contribution in [0.15, 0.2) is 23.3 Å². The van der Waals surface area contributed by atoms with Gasteiger partial charge in [-0.2, -0.15) is 0 Å². The molecule has 7 nitrogen and oxygen atoms in total. The molecule has 1 rings (SSSR count). The molecule has 0 aliphatic heterocycles. The minimum absolute atomic E-state index is 0.203. The smallest absolute Gasteiger partial charge is 0.347 e. The summed E-state index contributed by atoms with van der Waals surface area (Å²) in [5.41, 5.74) is -2.65. The van der Waals surface area contributed by atoms with Gasteiger partial charge in [0.15, 0.2) is 0 Å². The van der Waals surface area contributed by atoms with Gasteiger partial charge in [0.1, 0.15) is 6.54 Å². The number of carbonyl (C=O) groups is 2. The number of amides is 1. The van der Waals surface area contributed by atoms with Crippen LogP contribution in [0.2, 0.25) is 0 Å². The van der Waals surface area contributed by atoms with Crippen LogP contribution in [-0.4, -0.2) is 32.1 Å². The van der Waals surface area contributed by atoms with Crippen LogP contribution < -0.4 is 11.0 Å². The highest BCUT2D eigenvalue weighted by Crippen LogP contribution is 2.30. The quantitative estimate of drug-likeness (QED) is 0.805. The van der Waals surface area contributed by atoms with Gasteiger partial charge in [0, 0.05) is 12.4 Å². The predicted molar refractivity (Wildman–Crippen MR) is 72.1 cm³/mol. The van der Waals surface area contributed by atoms with E-state index in [0.717, 1.165) is 4.57 Å². The Morgan fingerprint density at radius 1 is 1.35 bits per heavy atom. The molecule has 0 saturated heterocycles. The molecule has 0 radical (unpaired) electrons. The molecule has 0 fully saturated rings. The number of rotatable bonds is 5. The standard InChI is InChI=1S/C13H19N3O4/c1-12(2,10(18)19)13(3,4)15-9(17)8-16-7-5-6-14-11(16)20/h5-7H,8H2,1-4H3,(H,15,17)(H,18,19). The van der Waals surface area contributed by atoms with E-state index in [-0.39, 0.29) is 6.54 Å². The number of hydrogen-bond donors (Lipinski definition) is 2. The maximum absolute atomic E-state index is 12.0. The van der Waals surface area contributed by atoms with Crippen molar-refractivity contribution in [2.45, 2.75) is 39.8 Å². The fraction of sp³-hybridized carbons (Fsp3) is 0.538. The van der Waals surface area contributed by atoms with Crippen LogP contribution in [0.4, 0.5) is 0 Å². The molecule has 1 aromatic rings. The van der Waals surface area contributed by atoms with E-state index < -0.39 is 28.5 Å². The Morgan fingerprint density at radius 2 is 1.95 bits per heavy atom. The number of nitrogens with zero attached hydrogens (tertiary/aromatic N) is 2. The summed E-state index contributed by atoms with van der Waals surface area (Å²) in [5.74, 6) is -1.46. The Hall–Kier alpha value is -2.18. The number of carboxylic acid groups (broad SMARTS) is 1. The van der Waals surface area contributed by atoms with Gasteiger partial charge in [-0.05, 0) is 33.8 Å². The van der Waals surface area contributed by atoms with Crippen molar-refractivity contribution in [3.8, 4) is 0 Å². The molecular weight excluding hydrogens is 262 g/mol. The minimum atomic E-state index is -1.15. The van der Waals surface area contributed by atoms with Gasteiger partial charge in [-0.1, -0.05) is 0 Å². The van der Waals surface area contributed by atoms with Crippen LogP contribution in [0, 0.1) is 5.41 Å². The van der Waals surface area contributed by atoms with Gasteiger partial charge >= 0.3 is 11.7 Å². The summed E-state index contributed by atoms with van der Waals surface area (Å²) in [4.78, 5) is 38.1. The van der Waals surface area contributed by atoms with Crippen LogP contribution in [-0.2, 0) is 16.1 Å². The molecule has 0 aliphatic rings. The lowest BCUT2D eigenvalue weighted by Crippen LogP contribution is -2.57. The van der Waals surface area contributed by atoms with Gasteiger partial charge in [-0.25, -0.2) is 9.78 Å². The van der Waals surface area contributed by atoms with Crippen LogP contribution in [0.1, 0.15) is 27.7 Å². The first kappa shape index (κ1) is 15.9. The van der Waals surface area contributed by atoms with E-state index in [4.69, 9.17) is 0 Å². The largest absolute Gasteiger partial charge is 0.481 e. The predicted octanol–water partition coefficient (Wildman–Crippen LogP) is 0.249. The molecule has 0 aromatic carbocycles. The van der Waals surface area contributed by atoms with Gasteiger partial charge in [0.25, 0.3) is 0 Å². The summed E-state index contributed by atoms with van der Waals surface area (Å²) in [6.45, 7) is 6.12. The lowest BCUT2D eigenvalue weighted by Gasteiger charge is -2.38. The highest BCUT2D eigenvalue weighted by atomic mass is 16.4. The average molecular weight is 281 g/mol. The maximum Gasteiger partial charge on any atom is 0.347 e. The van der Waals surface area contributed by atoms with E-state index in [1.54, 1.807) is 19.9 Å². The summed E-state index contributed by atoms with van der Waals surface area (Å²) >= 11 is 0. The molecule has 2 N–H and O–H groups in total. The highest BCUT2D eigenvalue weighted by molar-refractivity contribution is 5.80. The number of hydrogen-bond acceptors (Lipinski definition) is 4. The summed E-state index contributed by atoms with van der Waals surface area (Å²) in [5, 5.41) is 11.9. The fourth-order valence-corrected chi connectivity index (χ4v) is 1.47. The molecule has 0 spiro atoms. The molecular formula is C13H19N3O4. The zero-order valence-electron chi connectivity index (χ0n) is 12.0. The first-order valence-electron chi connectivity index (χ1n) is 6.14. The van der Waals surface area contributed by atoms with Crippen molar-refractivity contribution in [2.75, 3.05) is 0 Å². The van der Waals surface area contributed by atoms with E-state index in [0.29, 0.717) is 0 Å². The molecule has 0 bridgehead atoms. The zero-order valence-corrected chi connectivity index (χ0v) is 12.0. The molecule has 0 atom stereocenters. The van der Waals surface area contributed by atoms with Crippen molar-refractivity contribution in [1.29, 1.82) is 0 Å². The third-order valence-corrected chi connectivity index (χ3v) is 3.65. The van der Waals surface area contributed by atoms with Gasteiger partial charge < -0.3 is 10.4 Å². The Bertz CT molecular complexity index is 575. The van der Waals surface area contributed by atoms with Crippen molar-refractivity contribution in [3.63, 3.8) is 0 Å². The summed E-state index contributed by atoms with van der Waals surface area (Å²) in [6.07, 6.45) is 2.79. The third-order valence-electron chi connectivity index (χ3n) is 3.65. The van der Waals surface area contributed by atoms with Crippen molar-refractivity contribution in [1.82, 2.24) is 14.9 Å². The Morgan fingerprint density at radius 3 is 2.45 bits per heavy atom. The number of carboxylic acids is 1. The lowest BCUT2D eigenvalue weighted by molar-refractivity contribution is -0.151.